The summed E-state index contributed by atoms with van der Waals surface area (Å²) in [4.78, 5) is 13.5. The zero-order chi connectivity index (χ0) is 24.1. The van der Waals surface area contributed by atoms with E-state index >= 15 is 0 Å². The molecular formula is C30H37NO2. The molecule has 1 N–H and O–H groups in total. The van der Waals surface area contributed by atoms with E-state index in [1.807, 2.05) is 75.4 Å². The molecule has 174 valence electrons. The smallest absolute Gasteiger partial charge is 0.323 e. The molecule has 3 heteroatoms. The Labute approximate surface area is 199 Å². The molecule has 1 atom stereocenters. The van der Waals surface area contributed by atoms with Crippen molar-refractivity contribution in [3.05, 3.63) is 108 Å². The number of carbonyl (C=O) groups is 1. The van der Waals surface area contributed by atoms with Crippen LogP contribution in [0, 0.1) is 5.41 Å². The minimum atomic E-state index is -0.726. The Morgan fingerprint density at radius 2 is 1.06 bits per heavy atom. The van der Waals surface area contributed by atoms with E-state index in [0.717, 1.165) is 16.7 Å². The molecule has 0 fully saturated rings. The number of nitrogens with one attached hydrogen (secondary N) is 1. The Hall–Kier alpha value is -2.91. The van der Waals surface area contributed by atoms with Crippen LogP contribution in [0.2, 0.25) is 0 Å². The SMILES string of the molecule is CC(C)(C)C[C@@H](NC(c1ccccc1)(c1ccccc1)c1ccccc1)C(=O)OC(C)(C)C. The van der Waals surface area contributed by atoms with Crippen LogP contribution in [0.15, 0.2) is 91.0 Å². The third-order valence-electron chi connectivity index (χ3n) is 5.52. The van der Waals surface area contributed by atoms with Crippen molar-refractivity contribution in [2.24, 2.45) is 5.41 Å². The fourth-order valence-corrected chi connectivity index (χ4v) is 4.25. The molecule has 33 heavy (non-hydrogen) atoms. The number of ether oxygens (including phenoxy) is 1. The third-order valence-corrected chi connectivity index (χ3v) is 5.52. The summed E-state index contributed by atoms with van der Waals surface area (Å²) in [5.74, 6) is -0.232. The van der Waals surface area contributed by atoms with Gasteiger partial charge >= 0.3 is 5.97 Å². The molecule has 0 aliphatic heterocycles. The Morgan fingerprint density at radius 1 is 0.697 bits per heavy atom. The second-order valence-electron chi connectivity index (χ2n) is 10.8. The first-order valence-electron chi connectivity index (χ1n) is 11.7. The number of hydrogen-bond donors (Lipinski definition) is 1. The maximum Gasteiger partial charge on any atom is 0.323 e. The first kappa shape index (κ1) is 24.7. The molecule has 3 rings (SSSR count). The van der Waals surface area contributed by atoms with Crippen LogP contribution >= 0.6 is 0 Å². The molecule has 3 aromatic carbocycles. The van der Waals surface area contributed by atoms with Gasteiger partial charge in [0.1, 0.15) is 11.6 Å². The van der Waals surface area contributed by atoms with Crippen LogP contribution in [-0.4, -0.2) is 17.6 Å². The summed E-state index contributed by atoms with van der Waals surface area (Å²) in [7, 11) is 0. The highest BCUT2D eigenvalue weighted by atomic mass is 16.6. The Balaban J connectivity index is 2.24. The van der Waals surface area contributed by atoms with Crippen LogP contribution in [0.4, 0.5) is 0 Å². The van der Waals surface area contributed by atoms with Gasteiger partial charge in [-0.15, -0.1) is 0 Å². The first-order chi connectivity index (χ1) is 15.5. The molecule has 0 bridgehead atoms. The van der Waals surface area contributed by atoms with Crippen molar-refractivity contribution in [2.45, 2.75) is 65.1 Å². The fraction of sp³-hybridized carbons (Fsp3) is 0.367. The normalized spacial score (nSPS) is 13.4. The summed E-state index contributed by atoms with van der Waals surface area (Å²) >= 11 is 0. The quantitative estimate of drug-likeness (QED) is 0.326. The van der Waals surface area contributed by atoms with Gasteiger partial charge in [-0.25, -0.2) is 0 Å². The molecule has 0 aromatic heterocycles. The summed E-state index contributed by atoms with van der Waals surface area (Å²) in [5, 5.41) is 3.82. The Morgan fingerprint density at radius 3 is 1.36 bits per heavy atom. The fourth-order valence-electron chi connectivity index (χ4n) is 4.25. The van der Waals surface area contributed by atoms with Crippen LogP contribution in [0.25, 0.3) is 0 Å². The van der Waals surface area contributed by atoms with Gasteiger partial charge in [0, 0.05) is 0 Å². The molecule has 0 unspecified atom stereocenters. The average Bonchev–Trinajstić information content (AvgIpc) is 2.76. The zero-order valence-corrected chi connectivity index (χ0v) is 20.8. The largest absolute Gasteiger partial charge is 0.459 e. The van der Waals surface area contributed by atoms with Crippen molar-refractivity contribution >= 4 is 5.97 Å². The molecular weight excluding hydrogens is 406 g/mol. The molecule has 3 nitrogen and oxygen atoms in total. The Bertz CT molecular complexity index is 919. The molecule has 0 radical (unpaired) electrons. The molecule has 0 saturated carbocycles. The van der Waals surface area contributed by atoms with Crippen LogP contribution in [-0.2, 0) is 15.1 Å². The minimum absolute atomic E-state index is 0.0790. The van der Waals surface area contributed by atoms with Gasteiger partial charge in [-0.3, -0.25) is 10.1 Å². The lowest BCUT2D eigenvalue weighted by Crippen LogP contribution is -2.54. The number of carbonyl (C=O) groups excluding carboxylic acids is 1. The van der Waals surface area contributed by atoms with Gasteiger partial charge in [0.25, 0.3) is 0 Å². The highest BCUT2D eigenvalue weighted by Crippen LogP contribution is 2.38. The summed E-state index contributed by atoms with van der Waals surface area (Å²) in [6.07, 6.45) is 0.635. The highest BCUT2D eigenvalue weighted by Gasteiger charge is 2.41. The van der Waals surface area contributed by atoms with Crippen molar-refractivity contribution in [1.29, 1.82) is 0 Å². The average molecular weight is 444 g/mol. The molecule has 0 amide bonds. The van der Waals surface area contributed by atoms with E-state index in [4.69, 9.17) is 4.74 Å². The topological polar surface area (TPSA) is 38.3 Å². The molecule has 0 aliphatic rings. The van der Waals surface area contributed by atoms with Crippen LogP contribution in [0.1, 0.15) is 64.7 Å². The molecule has 0 heterocycles. The lowest BCUT2D eigenvalue weighted by molar-refractivity contribution is -0.158. The van der Waals surface area contributed by atoms with Crippen LogP contribution < -0.4 is 5.32 Å². The van der Waals surface area contributed by atoms with Crippen molar-refractivity contribution in [3.8, 4) is 0 Å². The van der Waals surface area contributed by atoms with E-state index in [1.54, 1.807) is 0 Å². The van der Waals surface area contributed by atoms with Crippen LogP contribution in [0.3, 0.4) is 0 Å². The molecule has 0 aliphatic carbocycles. The van der Waals surface area contributed by atoms with E-state index < -0.39 is 17.2 Å². The lowest BCUT2D eigenvalue weighted by atomic mass is 9.75. The van der Waals surface area contributed by atoms with Gasteiger partial charge in [-0.1, -0.05) is 112 Å². The number of hydrogen-bond acceptors (Lipinski definition) is 3. The third kappa shape index (κ3) is 6.33. The first-order valence-corrected chi connectivity index (χ1v) is 11.7. The standard InChI is InChI=1S/C30H37NO2/c1-28(2,3)22-26(27(32)33-29(4,5)6)31-30(23-16-10-7-11-17-23,24-18-12-8-13-19-24)25-20-14-9-15-21-25/h7-21,26,31H,22H2,1-6H3/t26-/m1/s1. The number of benzene rings is 3. The van der Waals surface area contributed by atoms with Gasteiger partial charge in [-0.05, 0) is 49.3 Å². The maximum absolute atomic E-state index is 13.5. The van der Waals surface area contributed by atoms with Crippen molar-refractivity contribution in [1.82, 2.24) is 5.32 Å². The zero-order valence-electron chi connectivity index (χ0n) is 20.8. The van der Waals surface area contributed by atoms with Gasteiger partial charge in [0.15, 0.2) is 0 Å². The summed E-state index contributed by atoms with van der Waals surface area (Å²) in [6, 6.07) is 30.5. The van der Waals surface area contributed by atoms with Crippen molar-refractivity contribution < 1.29 is 9.53 Å². The summed E-state index contributed by atoms with van der Waals surface area (Å²) < 4.78 is 5.90. The lowest BCUT2D eigenvalue weighted by Gasteiger charge is -2.41. The van der Waals surface area contributed by atoms with Crippen molar-refractivity contribution in [2.75, 3.05) is 0 Å². The van der Waals surface area contributed by atoms with E-state index in [0.29, 0.717) is 6.42 Å². The van der Waals surface area contributed by atoms with Gasteiger partial charge in [0.05, 0.1) is 5.54 Å². The van der Waals surface area contributed by atoms with E-state index in [9.17, 15) is 4.79 Å². The monoisotopic (exact) mass is 443 g/mol. The van der Waals surface area contributed by atoms with E-state index in [-0.39, 0.29) is 11.4 Å². The molecule has 0 saturated heterocycles. The molecule has 0 spiro atoms. The maximum atomic E-state index is 13.5. The van der Waals surface area contributed by atoms with Crippen LogP contribution in [0.5, 0.6) is 0 Å². The van der Waals surface area contributed by atoms with E-state index in [1.165, 1.54) is 0 Å². The van der Waals surface area contributed by atoms with E-state index in [2.05, 4.69) is 62.5 Å². The van der Waals surface area contributed by atoms with Gasteiger partial charge < -0.3 is 4.74 Å². The van der Waals surface area contributed by atoms with Gasteiger partial charge in [0.2, 0.25) is 0 Å². The second-order valence-corrected chi connectivity index (χ2v) is 10.8. The molecule has 3 aromatic rings. The predicted molar refractivity (Wildman–Crippen MR) is 136 cm³/mol. The highest BCUT2D eigenvalue weighted by molar-refractivity contribution is 5.77. The predicted octanol–water partition coefficient (Wildman–Crippen LogP) is 6.71. The second kappa shape index (κ2) is 9.93. The number of esters is 1. The summed E-state index contributed by atoms with van der Waals surface area (Å²) in [5.41, 5.74) is 1.85. The van der Waals surface area contributed by atoms with Gasteiger partial charge in [-0.2, -0.15) is 0 Å². The Kier molecular flexibility index (Phi) is 7.44. The number of rotatable bonds is 7. The van der Waals surface area contributed by atoms with Crippen molar-refractivity contribution in [3.63, 3.8) is 0 Å². The summed E-state index contributed by atoms with van der Waals surface area (Å²) in [6.45, 7) is 12.2. The minimum Gasteiger partial charge on any atom is -0.459 e.